The van der Waals surface area contributed by atoms with Crippen LogP contribution in [0.5, 0.6) is 5.75 Å². The fourth-order valence-corrected chi connectivity index (χ4v) is 2.89. The monoisotopic (exact) mass is 323 g/mol. The number of sulfonamides is 1. The highest BCUT2D eigenvalue weighted by Crippen LogP contribution is 2.25. The lowest BCUT2D eigenvalue weighted by Crippen LogP contribution is -2.14. The Balaban J connectivity index is 2.41. The summed E-state index contributed by atoms with van der Waals surface area (Å²) in [6.45, 7) is 1.66. The van der Waals surface area contributed by atoms with Crippen molar-refractivity contribution in [3.05, 3.63) is 46.6 Å². The van der Waals surface area contributed by atoms with Crippen molar-refractivity contribution in [3.63, 3.8) is 0 Å². The highest BCUT2D eigenvalue weighted by Gasteiger charge is 2.18. The Labute approximate surface area is 126 Å². The van der Waals surface area contributed by atoms with Crippen LogP contribution in [-0.2, 0) is 10.0 Å². The Morgan fingerprint density at radius 1 is 1.33 bits per heavy atom. The lowest BCUT2D eigenvalue weighted by molar-refractivity contribution is 0.475. The normalized spacial score (nSPS) is 10.9. The zero-order chi connectivity index (χ0) is 15.6. The summed E-state index contributed by atoms with van der Waals surface area (Å²) in [5.41, 5.74) is 0.718. The molecular weight excluding hydrogens is 314 g/mol. The molecule has 1 heterocycles. The van der Waals surface area contributed by atoms with Crippen LogP contribution in [0.4, 0.5) is 5.82 Å². The molecule has 1 aromatic carbocycles. The summed E-state index contributed by atoms with van der Waals surface area (Å²) < 4.78 is 26.6. The quantitative estimate of drug-likeness (QED) is 0.902. The van der Waals surface area contributed by atoms with E-state index in [1.54, 1.807) is 13.0 Å². The van der Waals surface area contributed by atoms with Crippen LogP contribution in [0.25, 0.3) is 0 Å². The van der Waals surface area contributed by atoms with Gasteiger partial charge in [0.05, 0.1) is 15.5 Å². The van der Waals surface area contributed by atoms with Gasteiger partial charge in [-0.2, -0.15) is 5.26 Å². The van der Waals surface area contributed by atoms with Crippen LogP contribution in [0.1, 0.15) is 11.3 Å². The van der Waals surface area contributed by atoms with Gasteiger partial charge < -0.3 is 5.11 Å². The third-order valence-corrected chi connectivity index (χ3v) is 4.26. The van der Waals surface area contributed by atoms with Crippen LogP contribution in [0.3, 0.4) is 0 Å². The Kier molecular flexibility index (Phi) is 4.02. The number of halogens is 1. The highest BCUT2D eigenvalue weighted by atomic mass is 35.5. The van der Waals surface area contributed by atoms with E-state index in [0.717, 1.165) is 6.07 Å². The van der Waals surface area contributed by atoms with Crippen LogP contribution < -0.4 is 4.72 Å². The van der Waals surface area contributed by atoms with Crippen LogP contribution >= 0.6 is 11.6 Å². The van der Waals surface area contributed by atoms with Gasteiger partial charge in [0, 0.05) is 5.69 Å². The first kappa shape index (κ1) is 15.1. The molecule has 2 N–H and O–H groups in total. The molecule has 0 atom stereocenters. The van der Waals surface area contributed by atoms with Crippen molar-refractivity contribution in [2.75, 3.05) is 4.72 Å². The van der Waals surface area contributed by atoms with Gasteiger partial charge in [0.15, 0.2) is 11.6 Å². The molecule has 0 aliphatic rings. The minimum atomic E-state index is -3.97. The van der Waals surface area contributed by atoms with Gasteiger partial charge in [-0.25, -0.2) is 13.4 Å². The number of aromatic hydroxyl groups is 1. The number of nitrogens with one attached hydrogen (secondary N) is 1. The number of hydrogen-bond donors (Lipinski definition) is 2. The van der Waals surface area contributed by atoms with E-state index in [2.05, 4.69) is 9.71 Å². The Hall–Kier alpha value is -2.30. The highest BCUT2D eigenvalue weighted by molar-refractivity contribution is 7.92. The summed E-state index contributed by atoms with van der Waals surface area (Å²) in [7, 11) is -3.97. The summed E-state index contributed by atoms with van der Waals surface area (Å²) >= 11 is 5.82. The van der Waals surface area contributed by atoms with E-state index < -0.39 is 10.0 Å². The van der Waals surface area contributed by atoms with Gasteiger partial charge in [-0.05, 0) is 37.3 Å². The van der Waals surface area contributed by atoms with E-state index in [-0.39, 0.29) is 27.0 Å². The minimum absolute atomic E-state index is 0.0294. The SMILES string of the molecule is Cc1ccc(O)c(NS(=O)(=O)c2ccc(C#N)c(Cl)c2)n1. The number of pyridine rings is 1. The predicted molar refractivity (Wildman–Crippen MR) is 77.6 cm³/mol. The Morgan fingerprint density at radius 2 is 2.05 bits per heavy atom. The van der Waals surface area contributed by atoms with Crippen molar-refractivity contribution in [3.8, 4) is 11.8 Å². The van der Waals surface area contributed by atoms with E-state index in [1.807, 2.05) is 6.07 Å². The Bertz CT molecular complexity index is 844. The average Bonchev–Trinajstić information content (AvgIpc) is 2.42. The van der Waals surface area contributed by atoms with Crippen molar-refractivity contribution in [1.82, 2.24) is 4.98 Å². The molecule has 0 aliphatic carbocycles. The maximum absolute atomic E-state index is 12.2. The van der Waals surface area contributed by atoms with Crippen LogP contribution in [0.2, 0.25) is 5.02 Å². The zero-order valence-corrected chi connectivity index (χ0v) is 12.4. The smallest absolute Gasteiger partial charge is 0.263 e. The first-order valence-electron chi connectivity index (χ1n) is 5.72. The lowest BCUT2D eigenvalue weighted by Gasteiger charge is -2.10. The van der Waals surface area contributed by atoms with Crippen LogP contribution in [-0.4, -0.2) is 18.5 Å². The predicted octanol–water partition coefficient (Wildman–Crippen LogP) is 2.42. The third-order valence-electron chi connectivity index (χ3n) is 2.62. The standard InChI is InChI=1S/C13H10ClN3O3S/c1-8-2-5-12(18)13(16-8)17-21(19,20)10-4-3-9(7-15)11(14)6-10/h2-6,18H,1H3,(H,16,17). The molecular formula is C13H10ClN3O3S. The molecule has 0 aliphatic heterocycles. The molecule has 0 saturated heterocycles. The number of anilines is 1. The zero-order valence-electron chi connectivity index (χ0n) is 10.8. The van der Waals surface area contributed by atoms with Crippen LogP contribution in [0.15, 0.2) is 35.2 Å². The Morgan fingerprint density at radius 3 is 2.67 bits per heavy atom. The first-order valence-corrected chi connectivity index (χ1v) is 7.58. The number of hydrogen-bond acceptors (Lipinski definition) is 5. The molecule has 0 spiro atoms. The molecule has 0 bridgehead atoms. The summed E-state index contributed by atoms with van der Waals surface area (Å²) in [6, 6.07) is 8.44. The molecule has 1 aromatic heterocycles. The fraction of sp³-hybridized carbons (Fsp3) is 0.0769. The molecule has 2 rings (SSSR count). The summed E-state index contributed by atoms with van der Waals surface area (Å²) in [6.07, 6.45) is 0. The van der Waals surface area contributed by atoms with Crippen molar-refractivity contribution in [2.24, 2.45) is 0 Å². The maximum Gasteiger partial charge on any atom is 0.263 e. The van der Waals surface area contributed by atoms with Crippen molar-refractivity contribution < 1.29 is 13.5 Å². The number of benzene rings is 1. The molecule has 21 heavy (non-hydrogen) atoms. The molecule has 0 radical (unpaired) electrons. The van der Waals surface area contributed by atoms with E-state index >= 15 is 0 Å². The molecule has 0 unspecified atom stereocenters. The molecule has 6 nitrogen and oxygen atoms in total. The van der Waals surface area contributed by atoms with Gasteiger partial charge >= 0.3 is 0 Å². The number of nitriles is 1. The first-order chi connectivity index (χ1) is 9.83. The number of nitrogens with zero attached hydrogens (tertiary/aromatic N) is 2. The molecule has 2 aromatic rings. The minimum Gasteiger partial charge on any atom is -0.504 e. The topological polar surface area (TPSA) is 103 Å². The van der Waals surface area contributed by atoms with Crippen molar-refractivity contribution >= 4 is 27.4 Å². The van der Waals surface area contributed by atoms with Crippen LogP contribution in [0, 0.1) is 18.3 Å². The summed E-state index contributed by atoms with van der Waals surface area (Å²) in [4.78, 5) is 3.78. The van der Waals surface area contributed by atoms with E-state index in [1.165, 1.54) is 18.2 Å². The summed E-state index contributed by atoms with van der Waals surface area (Å²) in [5, 5.41) is 18.4. The molecule has 0 saturated carbocycles. The number of aromatic nitrogens is 1. The molecule has 0 fully saturated rings. The number of rotatable bonds is 3. The molecule has 108 valence electrons. The second-order valence-electron chi connectivity index (χ2n) is 4.18. The second-order valence-corrected chi connectivity index (χ2v) is 6.27. The maximum atomic E-state index is 12.2. The van der Waals surface area contributed by atoms with Gasteiger partial charge in [-0.3, -0.25) is 4.72 Å². The van der Waals surface area contributed by atoms with Crippen molar-refractivity contribution in [1.29, 1.82) is 5.26 Å². The molecule has 0 amide bonds. The summed E-state index contributed by atoms with van der Waals surface area (Å²) in [5.74, 6) is -0.459. The third kappa shape index (κ3) is 3.24. The van der Waals surface area contributed by atoms with E-state index in [9.17, 15) is 13.5 Å². The average molecular weight is 324 g/mol. The van der Waals surface area contributed by atoms with Crippen molar-refractivity contribution in [2.45, 2.75) is 11.8 Å². The van der Waals surface area contributed by atoms with Gasteiger partial charge in [-0.15, -0.1) is 0 Å². The van der Waals surface area contributed by atoms with Gasteiger partial charge in [0.25, 0.3) is 10.0 Å². The van der Waals surface area contributed by atoms with Gasteiger partial charge in [0.1, 0.15) is 6.07 Å². The molecule has 8 heteroatoms. The van der Waals surface area contributed by atoms with Gasteiger partial charge in [0.2, 0.25) is 0 Å². The largest absolute Gasteiger partial charge is 0.504 e. The fourth-order valence-electron chi connectivity index (χ4n) is 1.56. The lowest BCUT2D eigenvalue weighted by atomic mass is 10.2. The van der Waals surface area contributed by atoms with E-state index in [4.69, 9.17) is 16.9 Å². The number of aryl methyl sites for hydroxylation is 1. The van der Waals surface area contributed by atoms with E-state index in [0.29, 0.717) is 5.69 Å². The second kappa shape index (κ2) is 5.60. The van der Waals surface area contributed by atoms with Gasteiger partial charge in [-0.1, -0.05) is 11.6 Å².